The lowest BCUT2D eigenvalue weighted by Crippen LogP contribution is -2.27. The highest BCUT2D eigenvalue weighted by molar-refractivity contribution is 5.53. The van der Waals surface area contributed by atoms with Gasteiger partial charge in [-0.05, 0) is 37.1 Å². The zero-order valence-corrected chi connectivity index (χ0v) is 12.9. The second-order valence-corrected chi connectivity index (χ2v) is 4.88. The lowest BCUT2D eigenvalue weighted by molar-refractivity contribution is 0.199. The summed E-state index contributed by atoms with van der Waals surface area (Å²) in [5.74, 6) is -0.177. The first kappa shape index (κ1) is 16.9. The van der Waals surface area contributed by atoms with E-state index in [1.54, 1.807) is 19.2 Å². The van der Waals surface area contributed by atoms with Gasteiger partial charge in [-0.15, -0.1) is 0 Å². The van der Waals surface area contributed by atoms with Crippen LogP contribution in [0.5, 0.6) is 0 Å². The number of halogens is 1. The number of hydrogen-bond acceptors (Lipinski definition) is 3. The molecule has 0 spiro atoms. The molecule has 0 aromatic heterocycles. The molecule has 1 rings (SSSR count). The van der Waals surface area contributed by atoms with E-state index < -0.39 is 0 Å². The van der Waals surface area contributed by atoms with E-state index in [2.05, 4.69) is 24.1 Å². The Bertz CT molecular complexity index is 385. The van der Waals surface area contributed by atoms with Crippen LogP contribution in [-0.4, -0.2) is 33.4 Å². The summed E-state index contributed by atoms with van der Waals surface area (Å²) in [7, 11) is 1.68. The van der Waals surface area contributed by atoms with Crippen molar-refractivity contribution in [3.05, 3.63) is 29.6 Å². The summed E-state index contributed by atoms with van der Waals surface area (Å²) in [5, 5.41) is 3.29. The predicted molar refractivity (Wildman–Crippen MR) is 82.8 cm³/mol. The van der Waals surface area contributed by atoms with Crippen molar-refractivity contribution in [3.8, 4) is 0 Å². The molecule has 0 fully saturated rings. The Morgan fingerprint density at radius 2 is 2.10 bits per heavy atom. The number of rotatable bonds is 10. The van der Waals surface area contributed by atoms with Crippen LogP contribution >= 0.6 is 0 Å². The first-order chi connectivity index (χ1) is 9.72. The van der Waals surface area contributed by atoms with Crippen LogP contribution in [0, 0.1) is 5.82 Å². The molecule has 4 heteroatoms. The SMILES string of the molecule is CCCCN(CC)c1ccc(F)cc1CNCCOC. The molecule has 0 bridgehead atoms. The minimum Gasteiger partial charge on any atom is -0.383 e. The molecule has 0 aliphatic heterocycles. The summed E-state index contributed by atoms with van der Waals surface area (Å²) >= 11 is 0. The first-order valence-electron chi connectivity index (χ1n) is 7.45. The Kier molecular flexibility index (Phi) is 8.23. The number of nitrogens with zero attached hydrogens (tertiary/aromatic N) is 1. The van der Waals surface area contributed by atoms with Crippen LogP contribution in [0.2, 0.25) is 0 Å². The summed E-state index contributed by atoms with van der Waals surface area (Å²) in [6.45, 7) is 8.39. The molecule has 0 amide bonds. The van der Waals surface area contributed by atoms with Crippen LogP contribution in [0.3, 0.4) is 0 Å². The highest BCUT2D eigenvalue weighted by Gasteiger charge is 2.10. The number of unbranched alkanes of at least 4 members (excludes halogenated alkanes) is 1. The average molecular weight is 282 g/mol. The fourth-order valence-electron chi connectivity index (χ4n) is 2.20. The molecule has 3 nitrogen and oxygen atoms in total. The zero-order chi connectivity index (χ0) is 14.8. The second-order valence-electron chi connectivity index (χ2n) is 4.88. The van der Waals surface area contributed by atoms with Gasteiger partial charge in [0.25, 0.3) is 0 Å². The molecular weight excluding hydrogens is 255 g/mol. The van der Waals surface area contributed by atoms with Gasteiger partial charge in [0.05, 0.1) is 6.61 Å². The zero-order valence-electron chi connectivity index (χ0n) is 12.9. The summed E-state index contributed by atoms with van der Waals surface area (Å²) in [5.41, 5.74) is 2.14. The van der Waals surface area contributed by atoms with E-state index in [4.69, 9.17) is 4.74 Å². The number of hydrogen-bond donors (Lipinski definition) is 1. The van der Waals surface area contributed by atoms with Crippen molar-refractivity contribution in [2.75, 3.05) is 38.3 Å². The third-order valence-corrected chi connectivity index (χ3v) is 3.34. The predicted octanol–water partition coefficient (Wildman–Crippen LogP) is 3.19. The van der Waals surface area contributed by atoms with Crippen molar-refractivity contribution in [2.45, 2.75) is 33.2 Å². The minimum absolute atomic E-state index is 0.177. The standard InChI is InChI=1S/C16H27FN2O/c1-4-6-10-19(5-2)16-8-7-15(17)12-14(16)13-18-9-11-20-3/h7-8,12,18H,4-6,9-11,13H2,1-3H3. The van der Waals surface area contributed by atoms with Crippen LogP contribution in [0.4, 0.5) is 10.1 Å². The Morgan fingerprint density at radius 1 is 1.30 bits per heavy atom. The normalized spacial score (nSPS) is 10.8. The van der Waals surface area contributed by atoms with Gasteiger partial charge in [-0.3, -0.25) is 0 Å². The maximum Gasteiger partial charge on any atom is 0.123 e. The number of ether oxygens (including phenoxy) is 1. The van der Waals surface area contributed by atoms with E-state index in [-0.39, 0.29) is 5.82 Å². The Balaban J connectivity index is 2.76. The summed E-state index contributed by atoms with van der Waals surface area (Å²) < 4.78 is 18.5. The number of nitrogens with one attached hydrogen (secondary N) is 1. The number of methoxy groups -OCH3 is 1. The third-order valence-electron chi connectivity index (χ3n) is 3.34. The lowest BCUT2D eigenvalue weighted by Gasteiger charge is -2.26. The van der Waals surface area contributed by atoms with Crippen molar-refractivity contribution in [3.63, 3.8) is 0 Å². The van der Waals surface area contributed by atoms with Crippen molar-refractivity contribution in [2.24, 2.45) is 0 Å². The fourth-order valence-corrected chi connectivity index (χ4v) is 2.20. The highest BCUT2D eigenvalue weighted by Crippen LogP contribution is 2.22. The van der Waals surface area contributed by atoms with Gasteiger partial charge in [0.1, 0.15) is 5.82 Å². The van der Waals surface area contributed by atoms with Gasteiger partial charge < -0.3 is 15.0 Å². The minimum atomic E-state index is -0.177. The molecule has 0 heterocycles. The quantitative estimate of drug-likeness (QED) is 0.667. The van der Waals surface area contributed by atoms with Gasteiger partial charge in [0.2, 0.25) is 0 Å². The van der Waals surface area contributed by atoms with Crippen molar-refractivity contribution in [1.82, 2.24) is 5.32 Å². The van der Waals surface area contributed by atoms with Crippen LogP contribution < -0.4 is 10.2 Å². The second kappa shape index (κ2) is 9.72. The molecule has 0 saturated heterocycles. The highest BCUT2D eigenvalue weighted by atomic mass is 19.1. The third kappa shape index (κ3) is 5.47. The van der Waals surface area contributed by atoms with Gasteiger partial charge in [-0.1, -0.05) is 13.3 Å². The average Bonchev–Trinajstić information content (AvgIpc) is 2.46. The summed E-state index contributed by atoms with van der Waals surface area (Å²) in [6, 6.07) is 5.06. The number of anilines is 1. The molecule has 0 radical (unpaired) electrons. The molecule has 1 N–H and O–H groups in total. The van der Waals surface area contributed by atoms with Crippen molar-refractivity contribution in [1.29, 1.82) is 0 Å². The number of benzene rings is 1. The molecule has 1 aromatic rings. The van der Waals surface area contributed by atoms with Crippen molar-refractivity contribution >= 4 is 5.69 Å². The smallest absolute Gasteiger partial charge is 0.123 e. The molecule has 114 valence electrons. The van der Waals surface area contributed by atoms with Gasteiger partial charge in [-0.25, -0.2) is 4.39 Å². The fraction of sp³-hybridized carbons (Fsp3) is 0.625. The van der Waals surface area contributed by atoms with Gasteiger partial charge in [0.15, 0.2) is 0 Å². The van der Waals surface area contributed by atoms with E-state index in [1.165, 1.54) is 6.42 Å². The first-order valence-corrected chi connectivity index (χ1v) is 7.45. The van der Waals surface area contributed by atoms with Crippen LogP contribution in [0.1, 0.15) is 32.3 Å². The topological polar surface area (TPSA) is 24.5 Å². The van der Waals surface area contributed by atoms with E-state index in [9.17, 15) is 4.39 Å². The van der Waals surface area contributed by atoms with E-state index >= 15 is 0 Å². The molecule has 0 atom stereocenters. The molecule has 1 aromatic carbocycles. The molecule has 0 unspecified atom stereocenters. The van der Waals surface area contributed by atoms with E-state index in [0.717, 1.165) is 37.3 Å². The summed E-state index contributed by atoms with van der Waals surface area (Å²) in [4.78, 5) is 2.32. The maximum atomic E-state index is 13.5. The molecule has 0 saturated carbocycles. The van der Waals surface area contributed by atoms with Gasteiger partial charge in [-0.2, -0.15) is 0 Å². The van der Waals surface area contributed by atoms with Gasteiger partial charge >= 0.3 is 0 Å². The van der Waals surface area contributed by atoms with E-state index in [0.29, 0.717) is 13.2 Å². The van der Waals surface area contributed by atoms with Crippen molar-refractivity contribution < 1.29 is 9.13 Å². The van der Waals surface area contributed by atoms with E-state index in [1.807, 2.05) is 6.07 Å². The monoisotopic (exact) mass is 282 g/mol. The molecule has 0 aliphatic carbocycles. The summed E-state index contributed by atoms with van der Waals surface area (Å²) in [6.07, 6.45) is 2.32. The lowest BCUT2D eigenvalue weighted by atomic mass is 10.1. The van der Waals surface area contributed by atoms with Gasteiger partial charge in [0, 0.05) is 39.0 Å². The van der Waals surface area contributed by atoms with Crippen LogP contribution in [0.15, 0.2) is 18.2 Å². The Morgan fingerprint density at radius 3 is 2.75 bits per heavy atom. The van der Waals surface area contributed by atoms with Crippen LogP contribution in [0.25, 0.3) is 0 Å². The molecule has 0 aliphatic rings. The van der Waals surface area contributed by atoms with Crippen LogP contribution in [-0.2, 0) is 11.3 Å². The molecule has 20 heavy (non-hydrogen) atoms. The largest absolute Gasteiger partial charge is 0.383 e. The Labute approximate surface area is 122 Å². The molecular formula is C16H27FN2O. The maximum absolute atomic E-state index is 13.5. The Hall–Kier alpha value is -1.13.